The van der Waals surface area contributed by atoms with Crippen LogP contribution in [-0.2, 0) is 4.79 Å². The van der Waals surface area contributed by atoms with E-state index in [0.29, 0.717) is 26.1 Å². The van der Waals surface area contributed by atoms with Crippen molar-refractivity contribution in [3.8, 4) is 0 Å². The molecule has 0 aliphatic carbocycles. The van der Waals surface area contributed by atoms with E-state index in [0.717, 1.165) is 6.42 Å². The first-order chi connectivity index (χ1) is 8.35. The Labute approximate surface area is 112 Å². The van der Waals surface area contributed by atoms with Gasteiger partial charge in [0.2, 0.25) is 0 Å². The molecule has 0 aromatic heterocycles. The molecule has 1 aliphatic rings. The normalized spacial score (nSPS) is 20.6. The van der Waals surface area contributed by atoms with Crippen LogP contribution in [-0.4, -0.2) is 52.6 Å². The summed E-state index contributed by atoms with van der Waals surface area (Å²) < 4.78 is -0.00234. The standard InChI is InChI=1S/C12H22N2O3S/c1-12(2,18-3)8-13-11(17)14-6-4-5-9(7-14)10(15)16/h9H,4-8H2,1-3H3,(H,13,17)(H,15,16)/t9-/m1/s1. The molecule has 0 aromatic rings. The first kappa shape index (κ1) is 15.1. The van der Waals surface area contributed by atoms with Crippen molar-refractivity contribution in [1.82, 2.24) is 10.2 Å². The molecule has 1 fully saturated rings. The maximum absolute atomic E-state index is 11.9. The zero-order valence-corrected chi connectivity index (χ0v) is 12.0. The van der Waals surface area contributed by atoms with Crippen LogP contribution in [0.4, 0.5) is 4.79 Å². The molecule has 2 N–H and O–H groups in total. The predicted octanol–water partition coefficient (Wildman–Crippen LogP) is 1.63. The molecule has 1 atom stereocenters. The highest BCUT2D eigenvalue weighted by Crippen LogP contribution is 2.20. The molecule has 5 nitrogen and oxygen atoms in total. The lowest BCUT2D eigenvalue weighted by atomic mass is 9.99. The zero-order valence-electron chi connectivity index (χ0n) is 11.2. The highest BCUT2D eigenvalue weighted by Gasteiger charge is 2.28. The summed E-state index contributed by atoms with van der Waals surface area (Å²) in [5, 5.41) is 11.8. The molecule has 0 aromatic carbocycles. The number of rotatable bonds is 4. The third-order valence-corrected chi connectivity index (χ3v) is 4.53. The van der Waals surface area contributed by atoms with Gasteiger partial charge in [0.15, 0.2) is 0 Å². The molecule has 104 valence electrons. The third-order valence-electron chi connectivity index (χ3n) is 3.28. The van der Waals surface area contributed by atoms with E-state index in [2.05, 4.69) is 19.2 Å². The van der Waals surface area contributed by atoms with Crippen molar-refractivity contribution in [2.24, 2.45) is 5.92 Å². The van der Waals surface area contributed by atoms with Crippen LogP contribution in [0.25, 0.3) is 0 Å². The molecule has 1 saturated heterocycles. The minimum absolute atomic E-state index is 0.00234. The van der Waals surface area contributed by atoms with Gasteiger partial charge in [-0.25, -0.2) is 4.79 Å². The van der Waals surface area contributed by atoms with Crippen LogP contribution in [0.5, 0.6) is 0 Å². The van der Waals surface area contributed by atoms with Crippen molar-refractivity contribution in [3.63, 3.8) is 0 Å². The van der Waals surface area contributed by atoms with E-state index in [1.54, 1.807) is 16.7 Å². The Kier molecular flexibility index (Phi) is 5.31. The summed E-state index contributed by atoms with van der Waals surface area (Å²) in [5.41, 5.74) is 0. The largest absolute Gasteiger partial charge is 0.481 e. The van der Waals surface area contributed by atoms with Crippen LogP contribution in [0.2, 0.25) is 0 Å². The van der Waals surface area contributed by atoms with E-state index in [4.69, 9.17) is 5.11 Å². The number of carboxylic acid groups (broad SMARTS) is 1. The van der Waals surface area contributed by atoms with Crippen molar-refractivity contribution in [2.45, 2.75) is 31.4 Å². The number of piperidine rings is 1. The van der Waals surface area contributed by atoms with E-state index in [1.165, 1.54) is 0 Å². The molecule has 6 heteroatoms. The van der Waals surface area contributed by atoms with Gasteiger partial charge in [0.1, 0.15) is 0 Å². The SMILES string of the molecule is CSC(C)(C)CNC(=O)N1CCC[C@@H](C(=O)O)C1. The highest BCUT2D eigenvalue weighted by atomic mass is 32.2. The van der Waals surface area contributed by atoms with Crippen LogP contribution < -0.4 is 5.32 Å². The summed E-state index contributed by atoms with van der Waals surface area (Å²) in [6.07, 6.45) is 3.43. The summed E-state index contributed by atoms with van der Waals surface area (Å²) in [4.78, 5) is 24.5. The number of urea groups is 1. The summed E-state index contributed by atoms with van der Waals surface area (Å²) in [6.45, 7) is 5.68. The van der Waals surface area contributed by atoms with Crippen molar-refractivity contribution >= 4 is 23.8 Å². The second-order valence-electron chi connectivity index (χ2n) is 5.25. The minimum Gasteiger partial charge on any atom is -0.481 e. The van der Waals surface area contributed by atoms with Gasteiger partial charge in [-0.05, 0) is 32.9 Å². The summed E-state index contributed by atoms with van der Waals surface area (Å²) in [5.74, 6) is -1.23. The molecule has 1 aliphatic heterocycles. The quantitative estimate of drug-likeness (QED) is 0.817. The molecule has 0 radical (unpaired) electrons. The molecule has 0 unspecified atom stereocenters. The minimum atomic E-state index is -0.808. The number of aliphatic carboxylic acids is 1. The van der Waals surface area contributed by atoms with Crippen LogP contribution in [0.3, 0.4) is 0 Å². The molecular formula is C12H22N2O3S. The average Bonchev–Trinajstić information content (AvgIpc) is 2.36. The number of amides is 2. The molecule has 0 bridgehead atoms. The second kappa shape index (κ2) is 6.31. The Hall–Kier alpha value is -0.910. The highest BCUT2D eigenvalue weighted by molar-refractivity contribution is 7.99. The Balaban J connectivity index is 2.44. The van der Waals surface area contributed by atoms with Crippen LogP contribution in [0, 0.1) is 5.92 Å². The summed E-state index contributed by atoms with van der Waals surface area (Å²) in [7, 11) is 0. The van der Waals surface area contributed by atoms with E-state index in [-0.39, 0.29) is 10.8 Å². The van der Waals surface area contributed by atoms with Gasteiger partial charge < -0.3 is 15.3 Å². The lowest BCUT2D eigenvalue weighted by Gasteiger charge is -2.32. The molecule has 0 spiro atoms. The summed E-state index contributed by atoms with van der Waals surface area (Å²) in [6, 6.07) is -0.150. The molecule has 1 heterocycles. The maximum Gasteiger partial charge on any atom is 0.317 e. The number of thioether (sulfide) groups is 1. The number of carbonyl (C=O) groups is 2. The first-order valence-electron chi connectivity index (χ1n) is 6.16. The monoisotopic (exact) mass is 274 g/mol. The fourth-order valence-electron chi connectivity index (χ4n) is 1.84. The first-order valence-corrected chi connectivity index (χ1v) is 7.39. The zero-order chi connectivity index (χ0) is 13.8. The molecular weight excluding hydrogens is 252 g/mol. The Morgan fingerprint density at radius 3 is 2.72 bits per heavy atom. The second-order valence-corrected chi connectivity index (χ2v) is 6.76. The topological polar surface area (TPSA) is 69.6 Å². The Bertz CT molecular complexity index is 320. The van der Waals surface area contributed by atoms with E-state index < -0.39 is 11.9 Å². The fraction of sp³-hybridized carbons (Fsp3) is 0.833. The van der Waals surface area contributed by atoms with Crippen LogP contribution >= 0.6 is 11.8 Å². The van der Waals surface area contributed by atoms with Crippen molar-refractivity contribution < 1.29 is 14.7 Å². The number of hydrogen-bond donors (Lipinski definition) is 2. The van der Waals surface area contributed by atoms with E-state index >= 15 is 0 Å². The van der Waals surface area contributed by atoms with E-state index in [1.807, 2.05) is 6.26 Å². The number of hydrogen-bond acceptors (Lipinski definition) is 3. The fourth-order valence-corrected chi connectivity index (χ4v) is 2.05. The lowest BCUT2D eigenvalue weighted by Crippen LogP contribution is -2.49. The molecule has 2 amide bonds. The van der Waals surface area contributed by atoms with Crippen molar-refractivity contribution in [1.29, 1.82) is 0 Å². The van der Waals surface area contributed by atoms with E-state index in [9.17, 15) is 9.59 Å². The maximum atomic E-state index is 11.9. The number of nitrogens with zero attached hydrogens (tertiary/aromatic N) is 1. The van der Waals surface area contributed by atoms with Gasteiger partial charge >= 0.3 is 12.0 Å². The Morgan fingerprint density at radius 1 is 1.50 bits per heavy atom. The van der Waals surface area contributed by atoms with Gasteiger partial charge in [-0.2, -0.15) is 11.8 Å². The van der Waals surface area contributed by atoms with Gasteiger partial charge in [-0.3, -0.25) is 4.79 Å². The van der Waals surface area contributed by atoms with Crippen LogP contribution in [0.15, 0.2) is 0 Å². The number of carboxylic acids is 1. The number of carbonyl (C=O) groups excluding carboxylic acids is 1. The van der Waals surface area contributed by atoms with Crippen molar-refractivity contribution in [3.05, 3.63) is 0 Å². The summed E-state index contributed by atoms with van der Waals surface area (Å²) >= 11 is 1.69. The molecule has 1 rings (SSSR count). The third kappa shape index (κ3) is 4.40. The lowest BCUT2D eigenvalue weighted by molar-refractivity contribution is -0.143. The smallest absolute Gasteiger partial charge is 0.317 e. The average molecular weight is 274 g/mol. The Morgan fingerprint density at radius 2 is 2.17 bits per heavy atom. The number of nitrogens with one attached hydrogen (secondary N) is 1. The van der Waals surface area contributed by atoms with Crippen LogP contribution in [0.1, 0.15) is 26.7 Å². The molecule has 18 heavy (non-hydrogen) atoms. The van der Waals surface area contributed by atoms with Gasteiger partial charge in [0, 0.05) is 24.4 Å². The predicted molar refractivity (Wildman–Crippen MR) is 72.9 cm³/mol. The van der Waals surface area contributed by atoms with Gasteiger partial charge in [0.05, 0.1) is 5.92 Å². The van der Waals surface area contributed by atoms with Gasteiger partial charge in [-0.15, -0.1) is 0 Å². The van der Waals surface area contributed by atoms with Crippen molar-refractivity contribution in [2.75, 3.05) is 25.9 Å². The van der Waals surface area contributed by atoms with Gasteiger partial charge in [-0.1, -0.05) is 0 Å². The van der Waals surface area contributed by atoms with Gasteiger partial charge in [0.25, 0.3) is 0 Å². The number of likely N-dealkylation sites (tertiary alicyclic amines) is 1. The molecule has 0 saturated carbocycles.